The van der Waals surface area contributed by atoms with Gasteiger partial charge in [-0.3, -0.25) is 9.48 Å². The van der Waals surface area contributed by atoms with E-state index in [2.05, 4.69) is 10.4 Å². The highest BCUT2D eigenvalue weighted by Gasteiger charge is 2.13. The molecule has 1 amide bonds. The molecule has 6 heteroatoms. The van der Waals surface area contributed by atoms with Gasteiger partial charge < -0.3 is 11.1 Å². The largest absolute Gasteiger partial charge is 0.396 e. The Morgan fingerprint density at radius 3 is 2.79 bits per heavy atom. The van der Waals surface area contributed by atoms with E-state index in [4.69, 9.17) is 5.73 Å². The maximum Gasteiger partial charge on any atom is 0.271 e. The summed E-state index contributed by atoms with van der Waals surface area (Å²) >= 11 is 1.70. The molecular weight excluding hydrogens is 260 g/mol. The zero-order valence-electron chi connectivity index (χ0n) is 10.7. The summed E-state index contributed by atoms with van der Waals surface area (Å²) in [6.07, 6.45) is 1.48. The van der Waals surface area contributed by atoms with Crippen LogP contribution in [0.4, 0.5) is 5.69 Å². The molecule has 19 heavy (non-hydrogen) atoms. The molecule has 100 valence electrons. The summed E-state index contributed by atoms with van der Waals surface area (Å²) in [7, 11) is 1.70. The predicted molar refractivity (Wildman–Crippen MR) is 77.1 cm³/mol. The van der Waals surface area contributed by atoms with Crippen molar-refractivity contribution in [2.24, 2.45) is 7.05 Å². The molecule has 0 aliphatic carbocycles. The minimum absolute atomic E-state index is 0.189. The molecule has 0 aliphatic heterocycles. The first-order valence-electron chi connectivity index (χ1n) is 5.92. The van der Waals surface area contributed by atoms with Crippen LogP contribution in [0.2, 0.25) is 0 Å². The van der Waals surface area contributed by atoms with Gasteiger partial charge in [-0.05, 0) is 12.1 Å². The molecular formula is C13H16N4OS. The first-order valence-corrected chi connectivity index (χ1v) is 6.90. The normalized spacial score (nSPS) is 10.4. The number of aryl methyl sites for hydroxylation is 1. The van der Waals surface area contributed by atoms with Gasteiger partial charge >= 0.3 is 0 Å². The molecule has 0 aliphatic rings. The Bertz CT molecular complexity index is 534. The average molecular weight is 276 g/mol. The minimum atomic E-state index is -0.189. The third-order valence-electron chi connectivity index (χ3n) is 2.58. The van der Waals surface area contributed by atoms with Crippen LogP contribution >= 0.6 is 11.8 Å². The maximum atomic E-state index is 11.9. The fraction of sp³-hybridized carbons (Fsp3) is 0.231. The zero-order valence-corrected chi connectivity index (χ0v) is 11.5. The van der Waals surface area contributed by atoms with Crippen LogP contribution in [0.15, 0.2) is 41.4 Å². The highest BCUT2D eigenvalue weighted by atomic mass is 32.2. The third-order valence-corrected chi connectivity index (χ3v) is 3.60. The van der Waals surface area contributed by atoms with E-state index in [-0.39, 0.29) is 5.91 Å². The van der Waals surface area contributed by atoms with Gasteiger partial charge in [0.05, 0.1) is 11.9 Å². The van der Waals surface area contributed by atoms with Crippen LogP contribution in [0.3, 0.4) is 0 Å². The molecule has 3 N–H and O–H groups in total. The molecule has 1 aromatic heterocycles. The Morgan fingerprint density at radius 2 is 2.16 bits per heavy atom. The van der Waals surface area contributed by atoms with Crippen LogP contribution in [-0.4, -0.2) is 28.0 Å². The SMILES string of the molecule is Cn1ncc(N)c1C(=O)NCCSc1ccccc1. The molecule has 0 fully saturated rings. The van der Waals surface area contributed by atoms with E-state index in [0.29, 0.717) is 17.9 Å². The van der Waals surface area contributed by atoms with Crippen molar-refractivity contribution in [1.29, 1.82) is 0 Å². The monoisotopic (exact) mass is 276 g/mol. The van der Waals surface area contributed by atoms with E-state index in [0.717, 1.165) is 5.75 Å². The van der Waals surface area contributed by atoms with Crippen molar-refractivity contribution in [2.45, 2.75) is 4.90 Å². The Kier molecular flexibility index (Phi) is 4.46. The number of hydrogen-bond donors (Lipinski definition) is 2. The Hall–Kier alpha value is -1.95. The summed E-state index contributed by atoms with van der Waals surface area (Å²) in [6.45, 7) is 0.586. The molecule has 0 saturated heterocycles. The summed E-state index contributed by atoms with van der Waals surface area (Å²) in [5.41, 5.74) is 6.49. The van der Waals surface area contributed by atoms with E-state index < -0.39 is 0 Å². The molecule has 0 unspecified atom stereocenters. The second-order valence-electron chi connectivity index (χ2n) is 3.99. The lowest BCUT2D eigenvalue weighted by molar-refractivity contribution is 0.0947. The van der Waals surface area contributed by atoms with Crippen LogP contribution in [0.1, 0.15) is 10.5 Å². The maximum absolute atomic E-state index is 11.9. The van der Waals surface area contributed by atoms with Gasteiger partial charge in [-0.1, -0.05) is 18.2 Å². The first-order chi connectivity index (χ1) is 9.18. The Labute approximate surface area is 116 Å². The highest BCUT2D eigenvalue weighted by Crippen LogP contribution is 2.16. The number of aromatic nitrogens is 2. The minimum Gasteiger partial charge on any atom is -0.396 e. The quantitative estimate of drug-likeness (QED) is 0.641. The lowest BCUT2D eigenvalue weighted by Crippen LogP contribution is -2.28. The van der Waals surface area contributed by atoms with Crippen molar-refractivity contribution < 1.29 is 4.79 Å². The molecule has 2 aromatic rings. The smallest absolute Gasteiger partial charge is 0.271 e. The topological polar surface area (TPSA) is 72.9 Å². The van der Waals surface area contributed by atoms with E-state index in [1.165, 1.54) is 15.8 Å². The average Bonchev–Trinajstić information content (AvgIpc) is 2.75. The van der Waals surface area contributed by atoms with Crippen molar-refractivity contribution in [3.05, 3.63) is 42.2 Å². The van der Waals surface area contributed by atoms with Crippen LogP contribution in [0, 0.1) is 0 Å². The molecule has 0 saturated carbocycles. The number of thioether (sulfide) groups is 1. The first kappa shape index (κ1) is 13.5. The van der Waals surface area contributed by atoms with E-state index in [1.807, 2.05) is 30.3 Å². The van der Waals surface area contributed by atoms with Crippen molar-refractivity contribution in [3.8, 4) is 0 Å². The predicted octanol–water partition coefficient (Wildman–Crippen LogP) is 1.52. The highest BCUT2D eigenvalue weighted by molar-refractivity contribution is 7.99. The van der Waals surface area contributed by atoms with Crippen molar-refractivity contribution >= 4 is 23.4 Å². The molecule has 0 bridgehead atoms. The fourth-order valence-electron chi connectivity index (χ4n) is 1.67. The van der Waals surface area contributed by atoms with Crippen molar-refractivity contribution in [1.82, 2.24) is 15.1 Å². The number of hydrogen-bond acceptors (Lipinski definition) is 4. The van der Waals surface area contributed by atoms with E-state index >= 15 is 0 Å². The van der Waals surface area contributed by atoms with Gasteiger partial charge in [0.1, 0.15) is 5.69 Å². The van der Waals surface area contributed by atoms with Gasteiger partial charge in [-0.25, -0.2) is 0 Å². The number of carbonyl (C=O) groups is 1. The van der Waals surface area contributed by atoms with E-state index in [9.17, 15) is 4.79 Å². The van der Waals surface area contributed by atoms with Gasteiger partial charge in [-0.2, -0.15) is 5.10 Å². The molecule has 5 nitrogen and oxygen atoms in total. The van der Waals surface area contributed by atoms with Gasteiger partial charge in [0.25, 0.3) is 5.91 Å². The van der Waals surface area contributed by atoms with Crippen molar-refractivity contribution in [3.63, 3.8) is 0 Å². The van der Waals surface area contributed by atoms with Crippen molar-refractivity contribution in [2.75, 3.05) is 18.0 Å². The number of nitrogen functional groups attached to an aromatic ring is 1. The van der Waals surface area contributed by atoms with Gasteiger partial charge in [0.2, 0.25) is 0 Å². The lowest BCUT2D eigenvalue weighted by atomic mass is 10.3. The third kappa shape index (κ3) is 3.51. The summed E-state index contributed by atoms with van der Waals surface area (Å²) in [5, 5.41) is 6.78. The molecule has 0 atom stereocenters. The molecule has 0 radical (unpaired) electrons. The second kappa shape index (κ2) is 6.29. The summed E-state index contributed by atoms with van der Waals surface area (Å²) in [4.78, 5) is 13.1. The van der Waals surface area contributed by atoms with Crippen LogP contribution < -0.4 is 11.1 Å². The number of anilines is 1. The van der Waals surface area contributed by atoms with E-state index in [1.54, 1.807) is 18.8 Å². The van der Waals surface area contributed by atoms with Gasteiger partial charge in [0.15, 0.2) is 0 Å². The number of carbonyl (C=O) groups excluding carboxylic acids is 1. The molecule has 1 heterocycles. The number of nitrogens with zero attached hydrogens (tertiary/aromatic N) is 2. The second-order valence-corrected chi connectivity index (χ2v) is 5.16. The number of nitrogens with two attached hydrogens (primary N) is 1. The standard InChI is InChI=1S/C13H16N4OS/c1-17-12(11(14)9-16-17)13(18)15-7-8-19-10-5-3-2-4-6-10/h2-6,9H,7-8,14H2,1H3,(H,15,18). The zero-order chi connectivity index (χ0) is 13.7. The fourth-order valence-corrected chi connectivity index (χ4v) is 2.46. The Balaban J connectivity index is 1.79. The van der Waals surface area contributed by atoms with Crippen LogP contribution in [0.25, 0.3) is 0 Å². The number of benzene rings is 1. The van der Waals surface area contributed by atoms with Crippen LogP contribution in [0.5, 0.6) is 0 Å². The van der Waals surface area contributed by atoms with Gasteiger partial charge in [0, 0.05) is 24.2 Å². The van der Waals surface area contributed by atoms with Crippen LogP contribution in [-0.2, 0) is 7.05 Å². The number of amides is 1. The summed E-state index contributed by atoms with van der Waals surface area (Å²) in [5.74, 6) is 0.624. The summed E-state index contributed by atoms with van der Waals surface area (Å²) in [6, 6.07) is 10.1. The van der Waals surface area contributed by atoms with Gasteiger partial charge in [-0.15, -0.1) is 11.8 Å². The number of nitrogens with one attached hydrogen (secondary N) is 1. The molecule has 1 aromatic carbocycles. The molecule has 2 rings (SSSR count). The number of rotatable bonds is 5. The summed E-state index contributed by atoms with van der Waals surface area (Å²) < 4.78 is 1.48. The lowest BCUT2D eigenvalue weighted by Gasteiger charge is -2.06. The Morgan fingerprint density at radius 1 is 1.42 bits per heavy atom. The molecule has 0 spiro atoms.